The first-order chi connectivity index (χ1) is 12.9. The summed E-state index contributed by atoms with van der Waals surface area (Å²) in [6.45, 7) is 4.86. The lowest BCUT2D eigenvalue weighted by Crippen LogP contribution is -2.48. The molecule has 0 N–H and O–H groups in total. The van der Waals surface area contributed by atoms with Crippen LogP contribution in [0.3, 0.4) is 0 Å². The van der Waals surface area contributed by atoms with Crippen molar-refractivity contribution < 1.29 is 4.79 Å². The zero-order chi connectivity index (χ0) is 19.6. The molecular weight excluding hydrogens is 344 g/mol. The van der Waals surface area contributed by atoms with Crippen LogP contribution < -0.4 is 16.1 Å². The summed E-state index contributed by atoms with van der Waals surface area (Å²) in [7, 11) is 3.00. The largest absolute Gasteiger partial charge is 0.368 e. The molecule has 0 aliphatic carbocycles. The number of benzene rings is 1. The van der Waals surface area contributed by atoms with Gasteiger partial charge in [0, 0.05) is 58.2 Å². The van der Waals surface area contributed by atoms with E-state index in [1.54, 1.807) is 11.9 Å². The van der Waals surface area contributed by atoms with Gasteiger partial charge in [0.1, 0.15) is 0 Å². The van der Waals surface area contributed by atoms with Crippen molar-refractivity contribution in [3.8, 4) is 0 Å². The highest BCUT2D eigenvalue weighted by molar-refractivity contribution is 5.91. The molecule has 0 radical (unpaired) electrons. The van der Waals surface area contributed by atoms with Gasteiger partial charge in [0.25, 0.3) is 5.56 Å². The van der Waals surface area contributed by atoms with E-state index in [4.69, 9.17) is 0 Å². The molecule has 2 heterocycles. The van der Waals surface area contributed by atoms with E-state index in [-0.39, 0.29) is 5.91 Å². The van der Waals surface area contributed by atoms with Crippen LogP contribution in [0.4, 0.5) is 5.69 Å². The van der Waals surface area contributed by atoms with Gasteiger partial charge in [0.2, 0.25) is 5.91 Å². The van der Waals surface area contributed by atoms with Crippen LogP contribution in [0, 0.1) is 6.92 Å². The van der Waals surface area contributed by atoms with Gasteiger partial charge in [0.15, 0.2) is 0 Å². The molecule has 0 atom stereocenters. The average molecular weight is 368 g/mol. The third-order valence-electron chi connectivity index (χ3n) is 4.84. The lowest BCUT2D eigenvalue weighted by molar-refractivity contribution is -0.126. The van der Waals surface area contributed by atoms with Crippen molar-refractivity contribution in [1.29, 1.82) is 0 Å². The number of hydrogen-bond acceptors (Lipinski definition) is 4. The molecular formula is C20H24N4O3. The zero-order valence-corrected chi connectivity index (χ0v) is 15.9. The molecule has 1 aromatic carbocycles. The predicted molar refractivity (Wildman–Crippen MR) is 106 cm³/mol. The fraction of sp³-hybridized carbons (Fsp3) is 0.350. The molecule has 1 aromatic heterocycles. The second kappa shape index (κ2) is 7.65. The second-order valence-electron chi connectivity index (χ2n) is 6.83. The Morgan fingerprint density at radius 2 is 1.78 bits per heavy atom. The zero-order valence-electron chi connectivity index (χ0n) is 15.9. The van der Waals surface area contributed by atoms with Crippen LogP contribution in [-0.2, 0) is 18.9 Å². The lowest BCUT2D eigenvalue weighted by atomic mass is 10.2. The second-order valence-corrected chi connectivity index (χ2v) is 6.83. The third kappa shape index (κ3) is 4.02. The van der Waals surface area contributed by atoms with E-state index in [1.807, 2.05) is 6.07 Å². The highest BCUT2D eigenvalue weighted by Gasteiger charge is 2.20. The van der Waals surface area contributed by atoms with Crippen LogP contribution >= 0.6 is 0 Å². The maximum Gasteiger partial charge on any atom is 0.330 e. The topological polar surface area (TPSA) is 67.5 Å². The summed E-state index contributed by atoms with van der Waals surface area (Å²) in [4.78, 5) is 40.3. The van der Waals surface area contributed by atoms with E-state index in [0.29, 0.717) is 18.7 Å². The molecule has 1 aliphatic heterocycles. The molecule has 0 bridgehead atoms. The predicted octanol–water partition coefficient (Wildman–Crippen LogP) is 0.754. The van der Waals surface area contributed by atoms with Crippen molar-refractivity contribution in [1.82, 2.24) is 14.0 Å². The number of hydrogen-bond donors (Lipinski definition) is 0. The third-order valence-corrected chi connectivity index (χ3v) is 4.84. The van der Waals surface area contributed by atoms with E-state index in [0.717, 1.165) is 17.7 Å². The fourth-order valence-electron chi connectivity index (χ4n) is 3.23. The number of anilines is 1. The Balaban J connectivity index is 1.66. The number of nitrogens with zero attached hydrogens (tertiary/aromatic N) is 4. The Labute approximate surface area is 157 Å². The maximum absolute atomic E-state index is 12.5. The molecule has 7 nitrogen and oxygen atoms in total. The first kappa shape index (κ1) is 18.7. The van der Waals surface area contributed by atoms with Crippen LogP contribution in [0.2, 0.25) is 0 Å². The smallest absolute Gasteiger partial charge is 0.330 e. The van der Waals surface area contributed by atoms with Crippen LogP contribution in [0.25, 0.3) is 6.08 Å². The first-order valence-electron chi connectivity index (χ1n) is 8.92. The SMILES string of the molecule is Cc1cccc(N2CCN(C(=O)/C=C/c3cn(C)c(=O)n(C)c3=O)CC2)c1. The number of aromatic nitrogens is 2. The Morgan fingerprint density at radius 3 is 2.44 bits per heavy atom. The molecule has 0 unspecified atom stereocenters. The highest BCUT2D eigenvalue weighted by atomic mass is 16.2. The van der Waals surface area contributed by atoms with E-state index < -0.39 is 11.2 Å². The number of carbonyl (C=O) groups is 1. The molecule has 1 amide bonds. The van der Waals surface area contributed by atoms with Gasteiger partial charge in [-0.25, -0.2) is 4.79 Å². The summed E-state index contributed by atoms with van der Waals surface area (Å²) >= 11 is 0. The first-order valence-corrected chi connectivity index (χ1v) is 8.92. The number of piperazine rings is 1. The van der Waals surface area contributed by atoms with Gasteiger partial charge in [0.05, 0.1) is 5.56 Å². The molecule has 1 saturated heterocycles. The van der Waals surface area contributed by atoms with Crippen LogP contribution in [0.1, 0.15) is 11.1 Å². The molecule has 3 rings (SSSR count). The lowest BCUT2D eigenvalue weighted by Gasteiger charge is -2.35. The molecule has 1 aliphatic rings. The quantitative estimate of drug-likeness (QED) is 0.750. The van der Waals surface area contributed by atoms with Crippen molar-refractivity contribution in [3.05, 3.63) is 68.5 Å². The minimum absolute atomic E-state index is 0.130. The van der Waals surface area contributed by atoms with E-state index in [1.165, 1.54) is 41.2 Å². The van der Waals surface area contributed by atoms with Crippen molar-refractivity contribution in [2.24, 2.45) is 14.1 Å². The Hall–Kier alpha value is -3.09. The molecule has 27 heavy (non-hydrogen) atoms. The Bertz CT molecular complexity index is 995. The van der Waals surface area contributed by atoms with Crippen LogP contribution in [0.15, 0.2) is 46.1 Å². The molecule has 1 fully saturated rings. The molecule has 142 valence electrons. The van der Waals surface area contributed by atoms with E-state index >= 15 is 0 Å². The van der Waals surface area contributed by atoms with Gasteiger partial charge >= 0.3 is 5.69 Å². The number of carbonyl (C=O) groups excluding carboxylic acids is 1. The van der Waals surface area contributed by atoms with Gasteiger partial charge in [-0.1, -0.05) is 12.1 Å². The van der Waals surface area contributed by atoms with Crippen LogP contribution in [0.5, 0.6) is 0 Å². The van der Waals surface area contributed by atoms with Gasteiger partial charge in [-0.3, -0.25) is 14.2 Å². The molecule has 2 aromatic rings. The van der Waals surface area contributed by atoms with Crippen molar-refractivity contribution >= 4 is 17.7 Å². The minimum Gasteiger partial charge on any atom is -0.368 e. The minimum atomic E-state index is -0.411. The Kier molecular flexibility index (Phi) is 5.30. The number of aryl methyl sites for hydroxylation is 2. The molecule has 0 spiro atoms. The highest BCUT2D eigenvalue weighted by Crippen LogP contribution is 2.17. The summed E-state index contributed by atoms with van der Waals surface area (Å²) in [5, 5.41) is 0. The van der Waals surface area contributed by atoms with E-state index in [2.05, 4.69) is 30.0 Å². The molecule has 0 saturated carbocycles. The van der Waals surface area contributed by atoms with Gasteiger partial charge in [-0.2, -0.15) is 0 Å². The normalized spacial score (nSPS) is 14.8. The number of rotatable bonds is 3. The van der Waals surface area contributed by atoms with E-state index in [9.17, 15) is 14.4 Å². The number of amides is 1. The summed E-state index contributed by atoms with van der Waals surface area (Å²) in [5.74, 6) is -0.130. The summed E-state index contributed by atoms with van der Waals surface area (Å²) in [6, 6.07) is 8.34. The van der Waals surface area contributed by atoms with Gasteiger partial charge in [-0.15, -0.1) is 0 Å². The van der Waals surface area contributed by atoms with Gasteiger partial charge < -0.3 is 14.4 Å². The monoisotopic (exact) mass is 368 g/mol. The standard InChI is InChI=1S/C20H24N4O3/c1-15-5-4-6-17(13-15)23-9-11-24(12-10-23)18(25)8-7-16-14-21(2)20(27)22(3)19(16)26/h4-8,13-14H,9-12H2,1-3H3/b8-7+. The summed E-state index contributed by atoms with van der Waals surface area (Å²) < 4.78 is 2.36. The van der Waals surface area contributed by atoms with Crippen molar-refractivity contribution in [3.63, 3.8) is 0 Å². The van der Waals surface area contributed by atoms with Crippen molar-refractivity contribution in [2.45, 2.75) is 6.92 Å². The average Bonchev–Trinajstić information content (AvgIpc) is 2.68. The van der Waals surface area contributed by atoms with Crippen molar-refractivity contribution in [2.75, 3.05) is 31.1 Å². The fourth-order valence-corrected chi connectivity index (χ4v) is 3.23. The summed E-state index contributed by atoms with van der Waals surface area (Å²) in [5.41, 5.74) is 1.90. The van der Waals surface area contributed by atoms with Crippen LogP contribution in [-0.4, -0.2) is 46.1 Å². The summed E-state index contributed by atoms with van der Waals surface area (Å²) in [6.07, 6.45) is 4.34. The Morgan fingerprint density at radius 1 is 1.07 bits per heavy atom. The van der Waals surface area contributed by atoms with Gasteiger partial charge in [-0.05, 0) is 30.7 Å². The molecule has 7 heteroatoms. The maximum atomic E-state index is 12.5.